The Morgan fingerprint density at radius 2 is 2.16 bits per heavy atom. The number of aromatic nitrogens is 4. The van der Waals surface area contributed by atoms with Crippen molar-refractivity contribution in [2.45, 2.75) is 32.1 Å². The van der Waals surface area contributed by atoms with Gasteiger partial charge in [0.1, 0.15) is 5.76 Å². The van der Waals surface area contributed by atoms with Gasteiger partial charge < -0.3 is 14.5 Å². The van der Waals surface area contributed by atoms with Crippen molar-refractivity contribution in [1.82, 2.24) is 25.1 Å². The molecule has 0 radical (unpaired) electrons. The predicted octanol–water partition coefficient (Wildman–Crippen LogP) is 1.26. The van der Waals surface area contributed by atoms with E-state index in [2.05, 4.69) is 15.5 Å². The third kappa shape index (κ3) is 3.54. The standard InChI is InChI=1S/C16H21N5O4/c1-9(2)14-5-12(18-25-14)16(24)21-6-10(4-15(22)23)11(7-21)13-8-20(3)19-17-13/h5,8-11H,4,6-7H2,1-3H3,(H,22,23)/t10-,11+/m0/s1. The molecule has 2 atom stereocenters. The summed E-state index contributed by atoms with van der Waals surface area (Å²) in [6.07, 6.45) is 1.74. The van der Waals surface area contributed by atoms with Gasteiger partial charge in [0, 0.05) is 44.2 Å². The van der Waals surface area contributed by atoms with Crippen LogP contribution >= 0.6 is 0 Å². The van der Waals surface area contributed by atoms with E-state index in [0.717, 1.165) is 0 Å². The summed E-state index contributed by atoms with van der Waals surface area (Å²) in [5.41, 5.74) is 0.949. The number of hydrogen-bond donors (Lipinski definition) is 1. The van der Waals surface area contributed by atoms with Crippen LogP contribution in [-0.2, 0) is 11.8 Å². The van der Waals surface area contributed by atoms with Crippen molar-refractivity contribution >= 4 is 11.9 Å². The van der Waals surface area contributed by atoms with Gasteiger partial charge in [-0.15, -0.1) is 5.10 Å². The number of amides is 1. The van der Waals surface area contributed by atoms with Crippen LogP contribution in [0.15, 0.2) is 16.8 Å². The molecule has 0 bridgehead atoms. The number of likely N-dealkylation sites (tertiary alicyclic amines) is 1. The van der Waals surface area contributed by atoms with E-state index in [1.54, 1.807) is 28.9 Å². The molecule has 2 aromatic rings. The number of nitrogens with zero attached hydrogens (tertiary/aromatic N) is 5. The van der Waals surface area contributed by atoms with Crippen molar-refractivity contribution in [2.24, 2.45) is 13.0 Å². The van der Waals surface area contributed by atoms with E-state index >= 15 is 0 Å². The lowest BCUT2D eigenvalue weighted by atomic mass is 9.91. The molecule has 1 saturated heterocycles. The second-order valence-corrected chi connectivity index (χ2v) is 6.76. The molecule has 9 heteroatoms. The fourth-order valence-corrected chi connectivity index (χ4v) is 3.16. The molecule has 1 aliphatic rings. The van der Waals surface area contributed by atoms with Crippen LogP contribution in [0.4, 0.5) is 0 Å². The summed E-state index contributed by atoms with van der Waals surface area (Å²) in [5.74, 6) is -0.733. The van der Waals surface area contributed by atoms with Gasteiger partial charge >= 0.3 is 5.97 Å². The van der Waals surface area contributed by atoms with Crippen molar-refractivity contribution in [3.8, 4) is 0 Å². The molecule has 3 heterocycles. The molecule has 1 amide bonds. The van der Waals surface area contributed by atoms with Gasteiger partial charge in [-0.25, -0.2) is 0 Å². The van der Waals surface area contributed by atoms with E-state index in [0.29, 0.717) is 24.5 Å². The van der Waals surface area contributed by atoms with E-state index in [9.17, 15) is 14.7 Å². The number of carboxylic acid groups (broad SMARTS) is 1. The Labute approximate surface area is 144 Å². The first-order chi connectivity index (χ1) is 11.8. The number of aliphatic carboxylic acids is 1. The maximum atomic E-state index is 12.7. The Kier molecular flexibility index (Phi) is 4.56. The lowest BCUT2D eigenvalue weighted by Gasteiger charge is -2.13. The fourth-order valence-electron chi connectivity index (χ4n) is 3.16. The molecule has 1 N–H and O–H groups in total. The highest BCUT2D eigenvalue weighted by molar-refractivity contribution is 5.92. The first kappa shape index (κ1) is 17.1. The van der Waals surface area contributed by atoms with Crippen molar-refractivity contribution in [3.05, 3.63) is 29.4 Å². The summed E-state index contributed by atoms with van der Waals surface area (Å²) in [4.78, 5) is 25.5. The van der Waals surface area contributed by atoms with Crippen molar-refractivity contribution in [2.75, 3.05) is 13.1 Å². The van der Waals surface area contributed by atoms with Gasteiger partial charge in [-0.3, -0.25) is 14.3 Å². The Bertz CT molecular complexity index is 781. The minimum atomic E-state index is -0.892. The van der Waals surface area contributed by atoms with E-state index in [1.807, 2.05) is 13.8 Å². The second-order valence-electron chi connectivity index (χ2n) is 6.76. The zero-order chi connectivity index (χ0) is 18.1. The lowest BCUT2D eigenvalue weighted by molar-refractivity contribution is -0.138. The fraction of sp³-hybridized carbons (Fsp3) is 0.562. The topological polar surface area (TPSA) is 114 Å². The van der Waals surface area contributed by atoms with Crippen LogP contribution in [0.2, 0.25) is 0 Å². The molecule has 134 valence electrons. The van der Waals surface area contributed by atoms with Gasteiger partial charge in [-0.05, 0) is 5.92 Å². The van der Waals surface area contributed by atoms with Gasteiger partial charge in [-0.1, -0.05) is 24.2 Å². The lowest BCUT2D eigenvalue weighted by Crippen LogP contribution is -2.29. The van der Waals surface area contributed by atoms with Crippen LogP contribution in [0.3, 0.4) is 0 Å². The van der Waals surface area contributed by atoms with Crippen molar-refractivity contribution in [1.29, 1.82) is 0 Å². The second kappa shape index (κ2) is 6.66. The van der Waals surface area contributed by atoms with E-state index in [-0.39, 0.29) is 35.8 Å². The first-order valence-corrected chi connectivity index (χ1v) is 8.19. The molecule has 3 rings (SSSR count). The van der Waals surface area contributed by atoms with Gasteiger partial charge in [0.05, 0.1) is 12.1 Å². The summed E-state index contributed by atoms with van der Waals surface area (Å²) in [6.45, 7) is 4.64. The average molecular weight is 347 g/mol. The smallest absolute Gasteiger partial charge is 0.303 e. The molecule has 0 unspecified atom stereocenters. The summed E-state index contributed by atoms with van der Waals surface area (Å²) in [5, 5.41) is 21.0. The normalized spacial score (nSPS) is 20.4. The molecule has 9 nitrogen and oxygen atoms in total. The van der Waals surface area contributed by atoms with Crippen molar-refractivity contribution < 1.29 is 19.2 Å². The van der Waals surface area contributed by atoms with Gasteiger partial charge in [0.2, 0.25) is 0 Å². The number of carbonyl (C=O) groups is 2. The van der Waals surface area contributed by atoms with E-state index < -0.39 is 5.97 Å². The highest BCUT2D eigenvalue weighted by Crippen LogP contribution is 2.34. The minimum absolute atomic E-state index is 0.0267. The molecule has 2 aromatic heterocycles. The van der Waals surface area contributed by atoms with E-state index in [1.165, 1.54) is 0 Å². The maximum Gasteiger partial charge on any atom is 0.303 e. The van der Waals surface area contributed by atoms with Crippen LogP contribution in [0.25, 0.3) is 0 Å². The van der Waals surface area contributed by atoms with Gasteiger partial charge in [0.25, 0.3) is 5.91 Å². The molecular weight excluding hydrogens is 326 g/mol. The molecule has 0 spiro atoms. The van der Waals surface area contributed by atoms with Crippen LogP contribution < -0.4 is 0 Å². The summed E-state index contributed by atoms with van der Waals surface area (Å²) in [6, 6.07) is 1.65. The maximum absolute atomic E-state index is 12.7. The Morgan fingerprint density at radius 1 is 1.40 bits per heavy atom. The highest BCUT2D eigenvalue weighted by atomic mass is 16.5. The molecule has 1 fully saturated rings. The monoisotopic (exact) mass is 347 g/mol. The SMILES string of the molecule is CC(C)c1cc(C(=O)N2C[C@H](CC(=O)O)[C@H](c3cn(C)nn3)C2)no1. The predicted molar refractivity (Wildman–Crippen MR) is 86.0 cm³/mol. The molecule has 0 aromatic carbocycles. The Morgan fingerprint density at radius 3 is 2.72 bits per heavy atom. The number of hydrogen-bond acceptors (Lipinski definition) is 6. The van der Waals surface area contributed by atoms with Crippen molar-refractivity contribution in [3.63, 3.8) is 0 Å². The largest absolute Gasteiger partial charge is 0.481 e. The number of carboxylic acids is 1. The number of aryl methyl sites for hydroxylation is 1. The third-order valence-electron chi connectivity index (χ3n) is 4.48. The summed E-state index contributed by atoms with van der Waals surface area (Å²) in [7, 11) is 1.75. The summed E-state index contributed by atoms with van der Waals surface area (Å²) < 4.78 is 6.77. The average Bonchev–Trinajstić information content (AvgIpc) is 3.24. The van der Waals surface area contributed by atoms with Gasteiger partial charge in [0.15, 0.2) is 5.69 Å². The van der Waals surface area contributed by atoms with E-state index in [4.69, 9.17) is 4.52 Å². The van der Waals surface area contributed by atoms with Crippen LogP contribution in [-0.4, -0.2) is 55.1 Å². The highest BCUT2D eigenvalue weighted by Gasteiger charge is 2.39. The minimum Gasteiger partial charge on any atom is -0.481 e. The molecular formula is C16H21N5O4. The van der Waals surface area contributed by atoms with Gasteiger partial charge in [-0.2, -0.15) is 0 Å². The van der Waals surface area contributed by atoms with Crippen LogP contribution in [0, 0.1) is 5.92 Å². The quantitative estimate of drug-likeness (QED) is 0.866. The molecule has 0 saturated carbocycles. The third-order valence-corrected chi connectivity index (χ3v) is 4.48. The number of rotatable bonds is 5. The van der Waals surface area contributed by atoms with Crippen LogP contribution in [0.1, 0.15) is 54.0 Å². The Hall–Kier alpha value is -2.71. The zero-order valence-corrected chi connectivity index (χ0v) is 14.4. The first-order valence-electron chi connectivity index (χ1n) is 8.19. The molecule has 1 aliphatic heterocycles. The zero-order valence-electron chi connectivity index (χ0n) is 14.4. The molecule has 0 aliphatic carbocycles. The number of carbonyl (C=O) groups excluding carboxylic acids is 1. The molecule has 25 heavy (non-hydrogen) atoms. The summed E-state index contributed by atoms with van der Waals surface area (Å²) >= 11 is 0. The van der Waals surface area contributed by atoms with Crippen LogP contribution in [0.5, 0.6) is 0 Å². The Balaban J connectivity index is 1.80.